The summed E-state index contributed by atoms with van der Waals surface area (Å²) in [6.45, 7) is 5.77. The fourth-order valence-corrected chi connectivity index (χ4v) is 13.6. The first kappa shape index (κ1) is 41.1. The molecule has 0 spiro atoms. The van der Waals surface area contributed by atoms with E-state index in [-0.39, 0.29) is 15.8 Å². The summed E-state index contributed by atoms with van der Waals surface area (Å²) in [6.07, 6.45) is 11.0. The fourth-order valence-electron chi connectivity index (χ4n) is 6.75. The molecule has 0 aliphatic heterocycles. The molecule has 0 heterocycles. The van der Waals surface area contributed by atoms with Crippen molar-refractivity contribution in [2.75, 3.05) is 32.0 Å². The summed E-state index contributed by atoms with van der Waals surface area (Å²) in [5.74, 6) is 0. The standard InChI is InChI=1S/C31H35NP2.C14H19N.2ClH.Ru/c1-2-23-32(24-26-33(28-15-7-3-8-16-28)29-17-9-4-10-18-29)25-27-34(30-19-11-5-12-20-30)31-21-13-6-14-22-31;1-3-7-13(8-4-1)11-12-15-14-9-5-2-6-10-14;;;/h3-22H,2,23-27H2,1H3;1,3-4,7-8,14-15H,2,5-6,9-11H2;2*1H;/q;;;;+2/p-2. The van der Waals surface area contributed by atoms with Gasteiger partial charge < -0.3 is 4.90 Å². The van der Waals surface area contributed by atoms with Crippen molar-refractivity contribution in [3.05, 3.63) is 157 Å². The van der Waals surface area contributed by atoms with Crippen LogP contribution in [0.3, 0.4) is 0 Å². The molecule has 0 radical (unpaired) electrons. The van der Waals surface area contributed by atoms with Crippen LogP contribution in [-0.4, -0.2) is 47.1 Å². The van der Waals surface area contributed by atoms with Gasteiger partial charge in [-0.3, -0.25) is 0 Å². The van der Waals surface area contributed by atoms with Gasteiger partial charge in [-0.15, -0.1) is 0 Å². The quantitative estimate of drug-likeness (QED) is 0.0786. The van der Waals surface area contributed by atoms with E-state index < -0.39 is 13.5 Å². The number of hydrogen-bond donors (Lipinski definition) is 1. The van der Waals surface area contributed by atoms with Crippen molar-refractivity contribution < 1.29 is 13.5 Å². The van der Waals surface area contributed by atoms with Gasteiger partial charge in [0, 0.05) is 13.1 Å². The Morgan fingerprint density at radius 3 is 1.33 bits per heavy atom. The molecule has 5 aromatic rings. The molecule has 52 heavy (non-hydrogen) atoms. The van der Waals surface area contributed by atoms with Gasteiger partial charge in [0.25, 0.3) is 0 Å². The molecule has 2 nitrogen and oxygen atoms in total. The topological polar surface area (TPSA) is 15.3 Å². The average Bonchev–Trinajstić information content (AvgIpc) is 3.20. The van der Waals surface area contributed by atoms with Crippen molar-refractivity contribution in [2.24, 2.45) is 0 Å². The molecule has 0 bridgehead atoms. The second kappa shape index (κ2) is 23.7. The Morgan fingerprint density at radius 1 is 0.577 bits per heavy atom. The second-order valence-electron chi connectivity index (χ2n) is 13.2. The molecule has 0 aromatic heterocycles. The van der Waals surface area contributed by atoms with Crippen LogP contribution in [0.1, 0.15) is 51.0 Å². The number of nitrogens with one attached hydrogen (secondary N) is 1. The molecule has 1 aliphatic rings. The predicted molar refractivity (Wildman–Crippen MR) is 231 cm³/mol. The third-order valence-electron chi connectivity index (χ3n) is 9.41. The van der Waals surface area contributed by atoms with Crippen LogP contribution >= 0.6 is 35.2 Å². The van der Waals surface area contributed by atoms with Gasteiger partial charge in [-0.2, -0.15) is 0 Å². The Labute approximate surface area is 329 Å². The zero-order chi connectivity index (χ0) is 36.2. The van der Waals surface area contributed by atoms with E-state index in [1.165, 1.54) is 88.4 Å². The first-order valence-corrected chi connectivity index (χ1v) is 27.1. The molecule has 5 aromatic carbocycles. The van der Waals surface area contributed by atoms with Crippen LogP contribution in [0, 0.1) is 0 Å². The SMILES string of the molecule is CCCN(CCP(c1ccccc1)c1ccccc1)CCP(c1ccccc1)c1ccccc1.[Cl][Ru]([Cl])=[C](Cc1ccccc1)NC1CCCCC1. The molecule has 0 saturated heterocycles. The first-order chi connectivity index (χ1) is 25.6. The van der Waals surface area contributed by atoms with E-state index in [0.29, 0.717) is 6.04 Å². The van der Waals surface area contributed by atoms with Gasteiger partial charge in [-0.25, -0.2) is 0 Å². The van der Waals surface area contributed by atoms with Gasteiger partial charge in [-0.05, 0) is 62.4 Å². The zero-order valence-electron chi connectivity index (χ0n) is 30.4. The Bertz CT molecular complexity index is 1540. The summed E-state index contributed by atoms with van der Waals surface area (Å²) in [5, 5.41) is 9.55. The monoisotopic (exact) mass is 856 g/mol. The first-order valence-electron chi connectivity index (χ1n) is 18.7. The Hall–Kier alpha value is -2.05. The summed E-state index contributed by atoms with van der Waals surface area (Å²) in [5.41, 5.74) is 1.29. The molecule has 0 unspecified atom stereocenters. The summed E-state index contributed by atoms with van der Waals surface area (Å²) < 4.78 is 1.18. The molecule has 1 saturated carbocycles. The maximum atomic E-state index is 6.22. The van der Waals surface area contributed by atoms with Gasteiger partial charge in [0.05, 0.1) is 0 Å². The molecule has 0 amide bonds. The van der Waals surface area contributed by atoms with Crippen molar-refractivity contribution in [1.29, 1.82) is 0 Å². The minimum absolute atomic E-state index is 0.344. The Morgan fingerprint density at radius 2 is 0.962 bits per heavy atom. The number of benzene rings is 5. The van der Waals surface area contributed by atoms with E-state index >= 15 is 0 Å². The van der Waals surface area contributed by atoms with Crippen LogP contribution in [0.25, 0.3) is 0 Å². The van der Waals surface area contributed by atoms with E-state index in [1.54, 1.807) is 0 Å². The molecular formula is C45H54Cl2N2P2Ru. The summed E-state index contributed by atoms with van der Waals surface area (Å²) in [7, 11) is 11.8. The molecule has 1 aliphatic carbocycles. The minimum atomic E-state index is -1.82. The number of nitrogens with zero attached hydrogens (tertiary/aromatic N) is 1. The van der Waals surface area contributed by atoms with Gasteiger partial charge in [0.15, 0.2) is 0 Å². The maximum absolute atomic E-state index is 6.22. The van der Waals surface area contributed by atoms with Crippen molar-refractivity contribution in [1.82, 2.24) is 10.2 Å². The molecular weight excluding hydrogens is 802 g/mol. The Kier molecular flexibility index (Phi) is 18.7. The van der Waals surface area contributed by atoms with Crippen LogP contribution in [0.2, 0.25) is 0 Å². The predicted octanol–water partition coefficient (Wildman–Crippen LogP) is 10.2. The molecule has 7 heteroatoms. The normalized spacial score (nSPS) is 13.5. The summed E-state index contributed by atoms with van der Waals surface area (Å²) >= 11 is -1.82. The van der Waals surface area contributed by atoms with E-state index in [9.17, 15) is 0 Å². The number of rotatable bonds is 16. The third-order valence-corrected chi connectivity index (χ3v) is 17.7. The molecule has 6 rings (SSSR count). The summed E-state index contributed by atoms with van der Waals surface area (Å²) in [4.78, 5) is 2.71. The number of halogens is 2. The van der Waals surface area contributed by atoms with E-state index in [4.69, 9.17) is 19.4 Å². The van der Waals surface area contributed by atoms with E-state index in [0.717, 1.165) is 19.5 Å². The van der Waals surface area contributed by atoms with Crippen molar-refractivity contribution >= 4 is 60.7 Å². The Balaban J connectivity index is 0.000000244. The van der Waals surface area contributed by atoms with Crippen LogP contribution in [0.5, 0.6) is 0 Å². The van der Waals surface area contributed by atoms with Gasteiger partial charge in [0.1, 0.15) is 0 Å². The van der Waals surface area contributed by atoms with Gasteiger partial charge in [-0.1, -0.05) is 128 Å². The summed E-state index contributed by atoms with van der Waals surface area (Å²) in [6, 6.07) is 55.5. The molecule has 0 atom stereocenters. The molecule has 1 fully saturated rings. The van der Waals surface area contributed by atoms with E-state index in [1.807, 2.05) is 6.07 Å². The number of hydrogen-bond acceptors (Lipinski definition) is 2. The van der Waals surface area contributed by atoms with Crippen LogP contribution in [-0.2, 0) is 19.9 Å². The van der Waals surface area contributed by atoms with Crippen LogP contribution < -0.4 is 26.5 Å². The second-order valence-corrected chi connectivity index (χ2v) is 23.8. The fraction of sp³-hybridized carbons (Fsp3) is 0.311. The van der Waals surface area contributed by atoms with Crippen LogP contribution in [0.15, 0.2) is 152 Å². The van der Waals surface area contributed by atoms with Crippen LogP contribution in [0.4, 0.5) is 0 Å². The van der Waals surface area contributed by atoms with Gasteiger partial charge in [0.2, 0.25) is 0 Å². The average molecular weight is 857 g/mol. The van der Waals surface area contributed by atoms with Crippen molar-refractivity contribution in [3.8, 4) is 0 Å². The van der Waals surface area contributed by atoms with E-state index in [2.05, 4.69) is 163 Å². The molecule has 1 N–H and O–H groups in total. The zero-order valence-corrected chi connectivity index (χ0v) is 35.5. The van der Waals surface area contributed by atoms with Crippen molar-refractivity contribution in [3.63, 3.8) is 0 Å². The third kappa shape index (κ3) is 14.0. The van der Waals surface area contributed by atoms with Gasteiger partial charge >= 0.3 is 123 Å². The molecule has 276 valence electrons. The van der Waals surface area contributed by atoms with Crippen molar-refractivity contribution in [2.45, 2.75) is 57.9 Å².